The van der Waals surface area contributed by atoms with Crippen molar-refractivity contribution in [2.24, 2.45) is 10.9 Å². The topological polar surface area (TPSA) is 73.6 Å². The predicted octanol–water partition coefficient (Wildman–Crippen LogP) is 3.97. The van der Waals surface area contributed by atoms with E-state index in [1.807, 2.05) is 0 Å². The number of halogens is 2. The normalized spacial score (nSPS) is 11.5. The lowest BCUT2D eigenvalue weighted by molar-refractivity contribution is 0.111. The molecule has 2 aromatic carbocycles. The maximum absolute atomic E-state index is 12.9. The Labute approximate surface area is 142 Å². The maximum atomic E-state index is 12.9. The lowest BCUT2D eigenvalue weighted by Crippen LogP contribution is -2.13. The number of oxime groups is 1. The summed E-state index contributed by atoms with van der Waals surface area (Å²) in [5, 5.41) is 4.37. The Hall–Kier alpha value is -2.86. The molecule has 24 heavy (non-hydrogen) atoms. The first-order valence-corrected chi connectivity index (χ1v) is 7.41. The minimum atomic E-state index is -0.312. The number of hydrogen-bond acceptors (Lipinski definition) is 4. The average molecular weight is 346 g/mol. The molecule has 0 amide bonds. The first-order valence-electron chi connectivity index (χ1n) is 7.04. The molecule has 0 radical (unpaired) electrons. The third-order valence-electron chi connectivity index (χ3n) is 3.15. The SMILES string of the molecule is N/C(=N/OCc1ncc(-c2ccc(F)cc2)o1)c1cccc(Cl)c1. The molecular weight excluding hydrogens is 333 g/mol. The van der Waals surface area contributed by atoms with Crippen molar-refractivity contribution in [3.63, 3.8) is 0 Å². The zero-order valence-corrected chi connectivity index (χ0v) is 13.2. The fourth-order valence-corrected chi connectivity index (χ4v) is 2.17. The van der Waals surface area contributed by atoms with E-state index in [1.54, 1.807) is 36.4 Å². The third-order valence-corrected chi connectivity index (χ3v) is 3.39. The number of amidine groups is 1. The molecule has 0 bridgehead atoms. The van der Waals surface area contributed by atoms with E-state index in [0.29, 0.717) is 22.2 Å². The van der Waals surface area contributed by atoms with Gasteiger partial charge in [0.1, 0.15) is 5.82 Å². The Balaban J connectivity index is 1.63. The summed E-state index contributed by atoms with van der Waals surface area (Å²) < 4.78 is 18.4. The summed E-state index contributed by atoms with van der Waals surface area (Å²) in [7, 11) is 0. The van der Waals surface area contributed by atoms with Gasteiger partial charge >= 0.3 is 0 Å². The van der Waals surface area contributed by atoms with E-state index in [4.69, 9.17) is 26.6 Å². The van der Waals surface area contributed by atoms with Gasteiger partial charge < -0.3 is 15.0 Å². The first-order chi connectivity index (χ1) is 11.6. The average Bonchev–Trinajstić information content (AvgIpc) is 3.04. The van der Waals surface area contributed by atoms with Crippen LogP contribution in [0.25, 0.3) is 11.3 Å². The molecule has 2 N–H and O–H groups in total. The van der Waals surface area contributed by atoms with Gasteiger partial charge in [-0.15, -0.1) is 0 Å². The number of oxazole rings is 1. The van der Waals surface area contributed by atoms with Gasteiger partial charge in [-0.1, -0.05) is 28.9 Å². The molecular formula is C17H13ClFN3O2. The molecule has 0 aliphatic rings. The largest absolute Gasteiger partial charge is 0.437 e. The molecule has 0 fully saturated rings. The standard InChI is InChI=1S/C17H13ClFN3O2/c18-13-3-1-2-12(8-13)17(20)22-23-10-16-21-9-15(24-16)11-4-6-14(19)7-5-11/h1-9H,10H2,(H2,20,22). The molecule has 3 rings (SSSR count). The highest BCUT2D eigenvalue weighted by Gasteiger charge is 2.07. The van der Waals surface area contributed by atoms with Gasteiger partial charge in [0.05, 0.1) is 6.20 Å². The van der Waals surface area contributed by atoms with Crippen molar-refractivity contribution in [1.82, 2.24) is 4.98 Å². The van der Waals surface area contributed by atoms with Crippen molar-refractivity contribution < 1.29 is 13.6 Å². The molecule has 0 saturated heterocycles. The van der Waals surface area contributed by atoms with Gasteiger partial charge in [0, 0.05) is 16.1 Å². The lowest BCUT2D eigenvalue weighted by Gasteiger charge is -2.01. The zero-order chi connectivity index (χ0) is 16.9. The Bertz CT molecular complexity index is 862. The summed E-state index contributed by atoms with van der Waals surface area (Å²) >= 11 is 5.89. The molecule has 0 unspecified atom stereocenters. The van der Waals surface area contributed by atoms with Crippen molar-refractivity contribution >= 4 is 17.4 Å². The smallest absolute Gasteiger partial charge is 0.235 e. The minimum Gasteiger partial charge on any atom is -0.437 e. The summed E-state index contributed by atoms with van der Waals surface area (Å²) in [5.74, 6) is 0.729. The Morgan fingerprint density at radius 3 is 2.79 bits per heavy atom. The predicted molar refractivity (Wildman–Crippen MR) is 88.9 cm³/mol. The molecule has 1 heterocycles. The fraction of sp³-hybridized carbons (Fsp3) is 0.0588. The highest BCUT2D eigenvalue weighted by atomic mass is 35.5. The van der Waals surface area contributed by atoms with Crippen LogP contribution in [0, 0.1) is 5.82 Å². The second kappa shape index (κ2) is 7.14. The van der Waals surface area contributed by atoms with E-state index in [-0.39, 0.29) is 18.3 Å². The molecule has 0 atom stereocenters. The molecule has 122 valence electrons. The Morgan fingerprint density at radius 2 is 2.04 bits per heavy atom. The van der Waals surface area contributed by atoms with Crippen LogP contribution in [0.3, 0.4) is 0 Å². The van der Waals surface area contributed by atoms with Gasteiger partial charge in [0.2, 0.25) is 5.89 Å². The second-order valence-electron chi connectivity index (χ2n) is 4.89. The number of benzene rings is 2. The van der Waals surface area contributed by atoms with Crippen LogP contribution in [-0.4, -0.2) is 10.8 Å². The number of aromatic nitrogens is 1. The number of rotatable bonds is 5. The summed E-state index contributed by atoms with van der Waals surface area (Å²) in [6.45, 7) is 0.0163. The summed E-state index contributed by atoms with van der Waals surface area (Å²) in [4.78, 5) is 9.23. The molecule has 0 aliphatic heterocycles. The van der Waals surface area contributed by atoms with Crippen molar-refractivity contribution in [2.45, 2.75) is 6.61 Å². The maximum Gasteiger partial charge on any atom is 0.235 e. The molecule has 5 nitrogen and oxygen atoms in total. The fourth-order valence-electron chi connectivity index (χ4n) is 1.98. The van der Waals surface area contributed by atoms with Crippen LogP contribution >= 0.6 is 11.6 Å². The van der Waals surface area contributed by atoms with E-state index < -0.39 is 0 Å². The summed E-state index contributed by atoms with van der Waals surface area (Å²) in [6, 6.07) is 12.9. The van der Waals surface area contributed by atoms with Crippen molar-refractivity contribution in [3.05, 3.63) is 77.0 Å². The van der Waals surface area contributed by atoms with Crippen molar-refractivity contribution in [1.29, 1.82) is 0 Å². The molecule has 7 heteroatoms. The molecule has 0 saturated carbocycles. The van der Waals surface area contributed by atoms with Gasteiger partial charge in [0.15, 0.2) is 18.2 Å². The Morgan fingerprint density at radius 1 is 1.25 bits per heavy atom. The van der Waals surface area contributed by atoms with E-state index >= 15 is 0 Å². The molecule has 3 aromatic rings. The van der Waals surface area contributed by atoms with Gasteiger partial charge in [-0.25, -0.2) is 9.37 Å². The summed E-state index contributed by atoms with van der Waals surface area (Å²) in [5.41, 5.74) is 7.19. The van der Waals surface area contributed by atoms with Crippen LogP contribution in [0.2, 0.25) is 5.02 Å². The minimum absolute atomic E-state index is 0.0163. The van der Waals surface area contributed by atoms with E-state index in [1.165, 1.54) is 18.3 Å². The van der Waals surface area contributed by atoms with E-state index in [0.717, 1.165) is 5.56 Å². The highest BCUT2D eigenvalue weighted by molar-refractivity contribution is 6.31. The van der Waals surface area contributed by atoms with Gasteiger partial charge in [-0.05, 0) is 36.4 Å². The zero-order valence-electron chi connectivity index (χ0n) is 12.4. The van der Waals surface area contributed by atoms with E-state index in [9.17, 15) is 4.39 Å². The van der Waals surface area contributed by atoms with Gasteiger partial charge in [0.25, 0.3) is 0 Å². The van der Waals surface area contributed by atoms with Crippen LogP contribution in [0.15, 0.2) is 64.3 Å². The lowest BCUT2D eigenvalue weighted by atomic mass is 10.2. The van der Waals surface area contributed by atoms with Crippen molar-refractivity contribution in [2.75, 3.05) is 0 Å². The van der Waals surface area contributed by atoms with Crippen LogP contribution in [0.4, 0.5) is 4.39 Å². The summed E-state index contributed by atoms with van der Waals surface area (Å²) in [6.07, 6.45) is 1.54. The van der Waals surface area contributed by atoms with Crippen molar-refractivity contribution in [3.8, 4) is 11.3 Å². The van der Waals surface area contributed by atoms with Gasteiger partial charge in [-0.2, -0.15) is 0 Å². The van der Waals surface area contributed by atoms with Gasteiger partial charge in [-0.3, -0.25) is 0 Å². The van der Waals surface area contributed by atoms with Crippen LogP contribution < -0.4 is 5.73 Å². The monoisotopic (exact) mass is 345 g/mol. The van der Waals surface area contributed by atoms with Crippen LogP contribution in [0.1, 0.15) is 11.5 Å². The van der Waals surface area contributed by atoms with Crippen LogP contribution in [-0.2, 0) is 11.4 Å². The highest BCUT2D eigenvalue weighted by Crippen LogP contribution is 2.21. The molecule has 1 aromatic heterocycles. The quantitative estimate of drug-likeness (QED) is 0.431. The number of nitrogens with two attached hydrogens (primary N) is 1. The second-order valence-corrected chi connectivity index (χ2v) is 5.32. The number of hydrogen-bond donors (Lipinski definition) is 1. The van der Waals surface area contributed by atoms with E-state index in [2.05, 4.69) is 10.1 Å². The molecule has 0 aliphatic carbocycles. The molecule has 0 spiro atoms. The number of nitrogens with zero attached hydrogens (tertiary/aromatic N) is 2. The van der Waals surface area contributed by atoms with Crippen LogP contribution in [0.5, 0.6) is 0 Å². The third kappa shape index (κ3) is 3.91. The Kier molecular flexibility index (Phi) is 4.77. The first kappa shape index (κ1) is 16.0.